The zero-order chi connectivity index (χ0) is 8.27. The number of aliphatic hydroxyl groups excluding tert-OH is 1. The molecule has 5 N–H and O–H groups in total. The van der Waals surface area contributed by atoms with E-state index in [2.05, 4.69) is 0 Å². The average Bonchev–Trinajstić information content (AvgIpc) is 2.05. The molecule has 0 aromatic carbocycles. The fourth-order valence-corrected chi connectivity index (χ4v) is 1.11. The van der Waals surface area contributed by atoms with Gasteiger partial charge in [-0.3, -0.25) is 0 Å². The van der Waals surface area contributed by atoms with Gasteiger partial charge in [0.2, 0.25) is 0 Å². The van der Waals surface area contributed by atoms with E-state index in [1.165, 1.54) is 0 Å². The van der Waals surface area contributed by atoms with Crippen LogP contribution in [-0.2, 0) is 0 Å². The molecule has 0 radical (unpaired) electrons. The van der Waals surface area contributed by atoms with E-state index in [4.69, 9.17) is 11.5 Å². The maximum atomic E-state index is 9.32. The molecule has 1 aliphatic carbocycles. The Kier molecular flexibility index (Phi) is 2.68. The number of hydrogen-bond donors (Lipinski definition) is 3. The highest BCUT2D eigenvalue weighted by Gasteiger charge is 2.15. The molecule has 0 spiro atoms. The standard InChI is InChI=1S/C8H14N2O/c9-5-8(11)6-1-3-7(10)4-2-6/h1,3-4,6,8,11H,2,5,9-10H2. The van der Waals surface area contributed by atoms with Crippen LogP contribution >= 0.6 is 0 Å². The van der Waals surface area contributed by atoms with Gasteiger partial charge >= 0.3 is 0 Å². The van der Waals surface area contributed by atoms with Gasteiger partial charge < -0.3 is 16.6 Å². The molecule has 0 aliphatic heterocycles. The van der Waals surface area contributed by atoms with Gasteiger partial charge in [0, 0.05) is 18.2 Å². The van der Waals surface area contributed by atoms with Crippen LogP contribution in [0.5, 0.6) is 0 Å². The third-order valence-corrected chi connectivity index (χ3v) is 1.90. The maximum Gasteiger partial charge on any atom is 0.0727 e. The molecule has 3 nitrogen and oxygen atoms in total. The zero-order valence-corrected chi connectivity index (χ0v) is 6.40. The summed E-state index contributed by atoms with van der Waals surface area (Å²) < 4.78 is 0. The van der Waals surface area contributed by atoms with E-state index in [-0.39, 0.29) is 5.92 Å². The summed E-state index contributed by atoms with van der Waals surface area (Å²) in [6.07, 6.45) is 5.99. The Bertz CT molecular complexity index is 187. The number of hydrogen-bond acceptors (Lipinski definition) is 3. The van der Waals surface area contributed by atoms with Crippen LogP contribution < -0.4 is 11.5 Å². The van der Waals surface area contributed by atoms with Gasteiger partial charge in [-0.05, 0) is 12.5 Å². The fraction of sp³-hybridized carbons (Fsp3) is 0.500. The van der Waals surface area contributed by atoms with Crippen LogP contribution in [0.4, 0.5) is 0 Å². The zero-order valence-electron chi connectivity index (χ0n) is 6.40. The van der Waals surface area contributed by atoms with Crippen molar-refractivity contribution in [2.75, 3.05) is 6.54 Å². The van der Waals surface area contributed by atoms with E-state index in [1.807, 2.05) is 18.2 Å². The second-order valence-corrected chi connectivity index (χ2v) is 2.77. The first-order chi connectivity index (χ1) is 5.24. The summed E-state index contributed by atoms with van der Waals surface area (Å²) in [5.41, 5.74) is 11.6. The highest BCUT2D eigenvalue weighted by molar-refractivity contribution is 5.20. The molecule has 0 aromatic rings. The van der Waals surface area contributed by atoms with Crippen molar-refractivity contribution in [1.29, 1.82) is 0 Å². The van der Waals surface area contributed by atoms with Gasteiger partial charge in [-0.25, -0.2) is 0 Å². The van der Waals surface area contributed by atoms with Crippen LogP contribution in [0.25, 0.3) is 0 Å². The topological polar surface area (TPSA) is 72.3 Å². The van der Waals surface area contributed by atoms with Crippen LogP contribution in [0.1, 0.15) is 6.42 Å². The number of nitrogens with two attached hydrogens (primary N) is 2. The lowest BCUT2D eigenvalue weighted by Gasteiger charge is -2.19. The molecule has 11 heavy (non-hydrogen) atoms. The molecular weight excluding hydrogens is 140 g/mol. The summed E-state index contributed by atoms with van der Waals surface area (Å²) in [6, 6.07) is 0. The summed E-state index contributed by atoms with van der Waals surface area (Å²) in [5, 5.41) is 9.32. The summed E-state index contributed by atoms with van der Waals surface area (Å²) in [7, 11) is 0. The van der Waals surface area contributed by atoms with Gasteiger partial charge in [0.05, 0.1) is 6.10 Å². The van der Waals surface area contributed by atoms with Crippen molar-refractivity contribution in [1.82, 2.24) is 0 Å². The van der Waals surface area contributed by atoms with Crippen molar-refractivity contribution in [3.8, 4) is 0 Å². The minimum atomic E-state index is -0.435. The predicted molar refractivity (Wildman–Crippen MR) is 44.6 cm³/mol. The highest BCUT2D eigenvalue weighted by atomic mass is 16.3. The second kappa shape index (κ2) is 3.55. The average molecular weight is 154 g/mol. The van der Waals surface area contributed by atoms with Gasteiger partial charge in [0.1, 0.15) is 0 Å². The largest absolute Gasteiger partial charge is 0.399 e. The van der Waals surface area contributed by atoms with Crippen molar-refractivity contribution in [2.45, 2.75) is 12.5 Å². The summed E-state index contributed by atoms with van der Waals surface area (Å²) in [4.78, 5) is 0. The monoisotopic (exact) mass is 154 g/mol. The molecule has 0 saturated carbocycles. The molecule has 1 aliphatic rings. The van der Waals surface area contributed by atoms with Crippen molar-refractivity contribution < 1.29 is 5.11 Å². The molecule has 62 valence electrons. The maximum absolute atomic E-state index is 9.32. The predicted octanol–water partition coefficient (Wildman–Crippen LogP) is -0.275. The van der Waals surface area contributed by atoms with E-state index in [1.54, 1.807) is 0 Å². The molecule has 0 bridgehead atoms. The molecule has 1 rings (SSSR count). The molecule has 0 amide bonds. The molecule has 2 atom stereocenters. The lowest BCUT2D eigenvalue weighted by Crippen LogP contribution is -2.28. The summed E-state index contributed by atoms with van der Waals surface area (Å²) in [5.74, 6) is 0.146. The van der Waals surface area contributed by atoms with E-state index in [0.717, 1.165) is 12.1 Å². The number of allylic oxidation sites excluding steroid dienone is 2. The van der Waals surface area contributed by atoms with Gasteiger partial charge in [-0.1, -0.05) is 12.2 Å². The van der Waals surface area contributed by atoms with Crippen LogP contribution in [0, 0.1) is 5.92 Å². The SMILES string of the molecule is NCC(O)C1C=CC(N)=CC1. The Balaban J connectivity index is 2.48. The Morgan fingerprint density at radius 3 is 2.91 bits per heavy atom. The second-order valence-electron chi connectivity index (χ2n) is 2.77. The van der Waals surface area contributed by atoms with E-state index < -0.39 is 6.10 Å². The van der Waals surface area contributed by atoms with Crippen molar-refractivity contribution >= 4 is 0 Å². The molecule has 0 fully saturated rings. The Morgan fingerprint density at radius 2 is 2.45 bits per heavy atom. The van der Waals surface area contributed by atoms with Crippen molar-refractivity contribution in [3.05, 3.63) is 23.9 Å². The lowest BCUT2D eigenvalue weighted by molar-refractivity contribution is 0.138. The van der Waals surface area contributed by atoms with Gasteiger partial charge in [-0.15, -0.1) is 0 Å². The molecular formula is C8H14N2O. The summed E-state index contributed by atoms with van der Waals surface area (Å²) >= 11 is 0. The first-order valence-corrected chi connectivity index (χ1v) is 3.76. The molecule has 3 heteroatoms. The molecule has 0 heterocycles. The van der Waals surface area contributed by atoms with Gasteiger partial charge in [0.15, 0.2) is 0 Å². The Hall–Kier alpha value is -0.800. The molecule has 0 aromatic heterocycles. The fourth-order valence-electron chi connectivity index (χ4n) is 1.11. The third-order valence-electron chi connectivity index (χ3n) is 1.90. The summed E-state index contributed by atoms with van der Waals surface area (Å²) in [6.45, 7) is 0.308. The van der Waals surface area contributed by atoms with Crippen LogP contribution in [0.3, 0.4) is 0 Å². The Labute approximate surface area is 66.4 Å². The van der Waals surface area contributed by atoms with Gasteiger partial charge in [-0.2, -0.15) is 0 Å². The normalized spacial score (nSPS) is 26.4. The first-order valence-electron chi connectivity index (χ1n) is 3.76. The minimum absolute atomic E-state index is 0.146. The lowest BCUT2D eigenvalue weighted by atomic mass is 9.94. The number of rotatable bonds is 2. The molecule has 2 unspecified atom stereocenters. The minimum Gasteiger partial charge on any atom is -0.399 e. The molecule has 0 saturated heterocycles. The van der Waals surface area contributed by atoms with Gasteiger partial charge in [0.25, 0.3) is 0 Å². The van der Waals surface area contributed by atoms with Crippen molar-refractivity contribution in [2.24, 2.45) is 17.4 Å². The quantitative estimate of drug-likeness (QED) is 0.512. The van der Waals surface area contributed by atoms with E-state index in [0.29, 0.717) is 6.54 Å². The number of aliphatic hydroxyl groups is 1. The van der Waals surface area contributed by atoms with Crippen LogP contribution in [-0.4, -0.2) is 17.8 Å². The Morgan fingerprint density at radius 1 is 1.73 bits per heavy atom. The van der Waals surface area contributed by atoms with Crippen molar-refractivity contribution in [3.63, 3.8) is 0 Å². The highest BCUT2D eigenvalue weighted by Crippen LogP contribution is 2.16. The smallest absolute Gasteiger partial charge is 0.0727 e. The van der Waals surface area contributed by atoms with E-state index >= 15 is 0 Å². The van der Waals surface area contributed by atoms with E-state index in [9.17, 15) is 5.11 Å². The third kappa shape index (κ3) is 2.06. The van der Waals surface area contributed by atoms with Crippen LogP contribution in [0.15, 0.2) is 23.9 Å². The first kappa shape index (κ1) is 8.30. The van der Waals surface area contributed by atoms with Crippen LogP contribution in [0.2, 0.25) is 0 Å².